The molecule has 1 aromatic carbocycles. The van der Waals surface area contributed by atoms with E-state index in [9.17, 15) is 18.0 Å². The summed E-state index contributed by atoms with van der Waals surface area (Å²) in [5.74, 6) is 0.0566. The van der Waals surface area contributed by atoms with Crippen molar-refractivity contribution in [3.8, 4) is 0 Å². The number of ether oxygens (including phenoxy) is 1. The van der Waals surface area contributed by atoms with E-state index in [-0.39, 0.29) is 17.1 Å². The maximum Gasteiger partial charge on any atom is 0.305 e. The van der Waals surface area contributed by atoms with Gasteiger partial charge in [-0.25, -0.2) is 0 Å². The Bertz CT molecular complexity index is 737. The number of thioether (sulfide) groups is 1. The van der Waals surface area contributed by atoms with E-state index in [1.165, 1.54) is 7.11 Å². The van der Waals surface area contributed by atoms with Gasteiger partial charge in [-0.15, -0.1) is 0 Å². The Morgan fingerprint density at radius 2 is 1.93 bits per heavy atom. The van der Waals surface area contributed by atoms with Crippen LogP contribution in [0.3, 0.4) is 0 Å². The first-order chi connectivity index (χ1) is 12.8. The number of amides is 1. The van der Waals surface area contributed by atoms with Crippen LogP contribution < -0.4 is 5.32 Å². The van der Waals surface area contributed by atoms with Crippen molar-refractivity contribution in [1.82, 2.24) is 5.32 Å². The number of nitrogens with one attached hydrogen (secondary N) is 1. The average Bonchev–Trinajstić information content (AvgIpc) is 2.99. The maximum atomic E-state index is 12.4. The molecule has 0 unspecified atom stereocenters. The molecule has 0 bridgehead atoms. The third kappa shape index (κ3) is 7.15. The molecule has 0 radical (unpaired) electrons. The predicted octanol–water partition coefficient (Wildman–Crippen LogP) is 1.98. The molecule has 1 fully saturated rings. The zero-order valence-electron chi connectivity index (χ0n) is 15.4. The van der Waals surface area contributed by atoms with Crippen LogP contribution in [0.15, 0.2) is 30.3 Å². The third-order valence-corrected chi connectivity index (χ3v) is 6.29. The standard InChI is InChI=1S/C18H25NO6S2/c1-24-16(20)11-7-6-10-15-17(25-27(2,22)23)14(12-26-15)19-18(21)13-8-4-3-5-9-13/h3-5,8-9,14-15,17H,6-7,10-12H2,1-2H3,(H,19,21)/t14-,15-,17+/m1/s1. The van der Waals surface area contributed by atoms with Crippen molar-refractivity contribution in [3.05, 3.63) is 35.9 Å². The quantitative estimate of drug-likeness (QED) is 0.374. The van der Waals surface area contributed by atoms with Gasteiger partial charge in [0.1, 0.15) is 6.10 Å². The second-order valence-electron chi connectivity index (χ2n) is 6.40. The fourth-order valence-electron chi connectivity index (χ4n) is 2.94. The summed E-state index contributed by atoms with van der Waals surface area (Å²) in [6, 6.07) is 8.37. The van der Waals surface area contributed by atoms with E-state index in [0.717, 1.165) is 12.7 Å². The molecule has 9 heteroatoms. The van der Waals surface area contributed by atoms with Gasteiger partial charge in [-0.1, -0.05) is 24.6 Å². The summed E-state index contributed by atoms with van der Waals surface area (Å²) in [5, 5.41) is 2.82. The summed E-state index contributed by atoms with van der Waals surface area (Å²) < 4.78 is 33.3. The lowest BCUT2D eigenvalue weighted by Crippen LogP contribution is -2.46. The molecule has 1 aliphatic heterocycles. The summed E-state index contributed by atoms with van der Waals surface area (Å²) in [4.78, 5) is 23.6. The Hall–Kier alpha value is -1.58. The van der Waals surface area contributed by atoms with E-state index in [1.54, 1.807) is 36.0 Å². The van der Waals surface area contributed by atoms with Gasteiger partial charge in [0.15, 0.2) is 0 Å². The zero-order valence-corrected chi connectivity index (χ0v) is 17.1. The van der Waals surface area contributed by atoms with Crippen molar-refractivity contribution in [2.45, 2.75) is 43.1 Å². The van der Waals surface area contributed by atoms with Crippen molar-refractivity contribution >= 4 is 33.8 Å². The summed E-state index contributed by atoms with van der Waals surface area (Å²) in [5.41, 5.74) is 0.516. The number of benzene rings is 1. The molecule has 1 N–H and O–H groups in total. The molecule has 1 saturated heterocycles. The van der Waals surface area contributed by atoms with Crippen molar-refractivity contribution < 1.29 is 26.9 Å². The number of esters is 1. The van der Waals surface area contributed by atoms with Crippen LogP contribution in [0.2, 0.25) is 0 Å². The molecule has 1 amide bonds. The van der Waals surface area contributed by atoms with Gasteiger partial charge in [0, 0.05) is 23.0 Å². The first-order valence-electron chi connectivity index (χ1n) is 8.73. The van der Waals surface area contributed by atoms with Crippen molar-refractivity contribution in [3.63, 3.8) is 0 Å². The zero-order chi connectivity index (χ0) is 19.9. The van der Waals surface area contributed by atoms with Crippen LogP contribution in [0.1, 0.15) is 36.0 Å². The number of hydrogen-bond acceptors (Lipinski definition) is 7. The van der Waals surface area contributed by atoms with Crippen molar-refractivity contribution in [1.29, 1.82) is 0 Å². The van der Waals surface area contributed by atoms with Crippen LogP contribution in [0.4, 0.5) is 0 Å². The Labute approximate surface area is 164 Å². The number of rotatable bonds is 9. The smallest absolute Gasteiger partial charge is 0.305 e. The molecule has 1 aliphatic rings. The third-order valence-electron chi connectivity index (χ3n) is 4.24. The highest BCUT2D eigenvalue weighted by Crippen LogP contribution is 2.34. The fourth-order valence-corrected chi connectivity index (χ4v) is 5.17. The normalized spacial score (nSPS) is 22.4. The molecule has 0 saturated carbocycles. The summed E-state index contributed by atoms with van der Waals surface area (Å²) >= 11 is 1.58. The minimum absolute atomic E-state index is 0.0709. The summed E-state index contributed by atoms with van der Waals surface area (Å²) in [7, 11) is -2.31. The Morgan fingerprint density at radius 3 is 2.56 bits per heavy atom. The minimum atomic E-state index is -3.66. The van der Waals surface area contributed by atoms with Gasteiger partial charge in [0.05, 0.1) is 19.4 Å². The lowest BCUT2D eigenvalue weighted by molar-refractivity contribution is -0.140. The van der Waals surface area contributed by atoms with Gasteiger partial charge in [-0.2, -0.15) is 20.2 Å². The average molecular weight is 416 g/mol. The fraction of sp³-hybridized carbons (Fsp3) is 0.556. The van der Waals surface area contributed by atoms with E-state index in [1.807, 2.05) is 6.07 Å². The van der Waals surface area contributed by atoms with Gasteiger partial charge in [0.2, 0.25) is 0 Å². The lowest BCUT2D eigenvalue weighted by atomic mass is 10.0. The van der Waals surface area contributed by atoms with Gasteiger partial charge in [-0.05, 0) is 25.0 Å². The predicted molar refractivity (Wildman–Crippen MR) is 104 cm³/mol. The molecule has 1 aromatic rings. The Morgan fingerprint density at radius 1 is 1.22 bits per heavy atom. The van der Waals surface area contributed by atoms with Gasteiger partial charge < -0.3 is 10.1 Å². The summed E-state index contributed by atoms with van der Waals surface area (Å²) in [6.07, 6.45) is 2.82. The molecule has 0 spiro atoms. The van der Waals surface area contributed by atoms with Crippen molar-refractivity contribution in [2.75, 3.05) is 19.1 Å². The topological polar surface area (TPSA) is 98.8 Å². The maximum absolute atomic E-state index is 12.4. The van der Waals surface area contributed by atoms with Crippen LogP contribution in [-0.4, -0.2) is 56.8 Å². The van der Waals surface area contributed by atoms with E-state index in [4.69, 9.17) is 4.18 Å². The largest absolute Gasteiger partial charge is 0.469 e. The van der Waals surface area contributed by atoms with E-state index < -0.39 is 22.3 Å². The first kappa shape index (κ1) is 21.7. The van der Waals surface area contributed by atoms with E-state index >= 15 is 0 Å². The molecule has 150 valence electrons. The Balaban J connectivity index is 1.97. The molecule has 3 atom stereocenters. The van der Waals surface area contributed by atoms with Crippen LogP contribution >= 0.6 is 11.8 Å². The highest BCUT2D eigenvalue weighted by molar-refractivity contribution is 8.00. The molecule has 0 aromatic heterocycles. The first-order valence-corrected chi connectivity index (χ1v) is 11.6. The van der Waals surface area contributed by atoms with E-state index in [2.05, 4.69) is 10.1 Å². The molecule has 2 rings (SSSR count). The molecular formula is C18H25NO6S2. The van der Waals surface area contributed by atoms with Gasteiger partial charge in [-0.3, -0.25) is 13.8 Å². The van der Waals surface area contributed by atoms with Gasteiger partial charge in [0.25, 0.3) is 16.0 Å². The highest BCUT2D eigenvalue weighted by Gasteiger charge is 2.40. The second kappa shape index (κ2) is 10.1. The Kier molecular flexibility index (Phi) is 8.12. The lowest BCUT2D eigenvalue weighted by Gasteiger charge is -2.24. The number of unbranched alkanes of at least 4 members (excludes halogenated alkanes) is 1. The van der Waals surface area contributed by atoms with Crippen LogP contribution in [0.5, 0.6) is 0 Å². The number of carbonyl (C=O) groups excluding carboxylic acids is 2. The second-order valence-corrected chi connectivity index (χ2v) is 9.28. The van der Waals surface area contributed by atoms with Crippen molar-refractivity contribution in [2.24, 2.45) is 0 Å². The number of methoxy groups -OCH3 is 1. The minimum Gasteiger partial charge on any atom is -0.469 e. The summed E-state index contributed by atoms with van der Waals surface area (Å²) in [6.45, 7) is 0. The molecule has 0 aliphatic carbocycles. The highest BCUT2D eigenvalue weighted by atomic mass is 32.2. The van der Waals surface area contributed by atoms with Crippen LogP contribution in [-0.2, 0) is 23.8 Å². The van der Waals surface area contributed by atoms with E-state index in [0.29, 0.717) is 30.6 Å². The molecular weight excluding hydrogens is 390 g/mol. The SMILES string of the molecule is COC(=O)CCCC[C@H]1SC[C@@H](NC(=O)c2ccccc2)[C@@H]1OS(C)(=O)=O. The number of hydrogen-bond donors (Lipinski definition) is 1. The molecule has 7 nitrogen and oxygen atoms in total. The molecule has 27 heavy (non-hydrogen) atoms. The van der Waals surface area contributed by atoms with Crippen LogP contribution in [0.25, 0.3) is 0 Å². The monoisotopic (exact) mass is 415 g/mol. The van der Waals surface area contributed by atoms with Crippen LogP contribution in [0, 0.1) is 0 Å². The molecule has 1 heterocycles. The van der Waals surface area contributed by atoms with Gasteiger partial charge >= 0.3 is 5.97 Å². The number of carbonyl (C=O) groups is 2.